The van der Waals surface area contributed by atoms with Crippen LogP contribution in [0.2, 0.25) is 5.02 Å². The molecule has 3 heterocycles. The van der Waals surface area contributed by atoms with Gasteiger partial charge in [-0.3, -0.25) is 14.4 Å². The smallest absolute Gasteiger partial charge is 0.244 e. The maximum atomic E-state index is 14.7. The number of carbonyl (C=O) groups is 3. The maximum Gasteiger partial charge on any atom is 0.244 e. The van der Waals surface area contributed by atoms with Crippen LogP contribution >= 0.6 is 11.6 Å². The van der Waals surface area contributed by atoms with Gasteiger partial charge in [-0.15, -0.1) is 0 Å². The average molecular weight is 620 g/mol. The molecule has 1 N–H and O–H groups in total. The Balaban J connectivity index is 1.42. The summed E-state index contributed by atoms with van der Waals surface area (Å²) in [7, 11) is 0. The van der Waals surface area contributed by atoms with Crippen LogP contribution in [-0.2, 0) is 10.2 Å². The Morgan fingerprint density at radius 1 is 0.739 bits per heavy atom. The first kappa shape index (κ1) is 26.6. The number of nitrogens with zero attached hydrogens (tertiary/aromatic N) is 2. The first-order chi connectivity index (χ1) is 22.4. The molecule has 0 bridgehead atoms. The topological polar surface area (TPSA) is 92.5 Å². The normalized spacial score (nSPS) is 17.1. The highest BCUT2D eigenvalue weighted by molar-refractivity contribution is 6.41. The van der Waals surface area contributed by atoms with Crippen LogP contribution in [0.4, 0.5) is 11.4 Å². The number of amides is 1. The zero-order valence-corrected chi connectivity index (χ0v) is 25.1. The van der Waals surface area contributed by atoms with E-state index in [-0.39, 0.29) is 22.7 Å². The summed E-state index contributed by atoms with van der Waals surface area (Å²) in [6.07, 6.45) is 3.75. The van der Waals surface area contributed by atoms with Crippen LogP contribution in [0, 0.1) is 6.92 Å². The number of aryl methyl sites for hydroxylation is 1. The lowest BCUT2D eigenvalue weighted by molar-refractivity contribution is -0.118. The van der Waals surface area contributed by atoms with E-state index >= 15 is 0 Å². The second-order valence-electron chi connectivity index (χ2n) is 11.6. The number of hydrogen-bond donors (Lipinski definition) is 1. The third kappa shape index (κ3) is 3.22. The number of anilines is 2. The Kier molecular flexibility index (Phi) is 5.41. The van der Waals surface area contributed by atoms with Crippen molar-refractivity contribution in [3.63, 3.8) is 0 Å². The monoisotopic (exact) mass is 619 g/mol. The Morgan fingerprint density at radius 2 is 1.33 bits per heavy atom. The predicted molar refractivity (Wildman–Crippen MR) is 176 cm³/mol. The molecule has 4 aromatic carbocycles. The van der Waals surface area contributed by atoms with E-state index in [4.69, 9.17) is 16.1 Å². The summed E-state index contributed by atoms with van der Waals surface area (Å²) in [6, 6.07) is 29.6. The molecule has 1 amide bonds. The van der Waals surface area contributed by atoms with Crippen molar-refractivity contribution < 1.29 is 18.9 Å². The molecular weight excluding hydrogens is 598 g/mol. The van der Waals surface area contributed by atoms with Crippen LogP contribution in [0.1, 0.15) is 54.4 Å². The van der Waals surface area contributed by atoms with E-state index in [0.29, 0.717) is 67.1 Å². The quantitative estimate of drug-likeness (QED) is 0.222. The Hall–Kier alpha value is -5.79. The zero-order valence-electron chi connectivity index (χ0n) is 24.3. The number of hydrogen-bond acceptors (Lipinski definition) is 6. The van der Waals surface area contributed by atoms with Gasteiger partial charge in [-0.1, -0.05) is 114 Å². The lowest BCUT2D eigenvalue weighted by Crippen LogP contribution is -2.47. The van der Waals surface area contributed by atoms with Crippen molar-refractivity contribution in [1.82, 2.24) is 5.16 Å². The lowest BCUT2D eigenvalue weighted by Gasteiger charge is -2.40. The van der Waals surface area contributed by atoms with Crippen molar-refractivity contribution in [2.24, 2.45) is 0 Å². The zero-order chi connectivity index (χ0) is 31.3. The minimum atomic E-state index is -1.75. The van der Waals surface area contributed by atoms with Gasteiger partial charge in [-0.05, 0) is 24.6 Å². The summed E-state index contributed by atoms with van der Waals surface area (Å²) >= 11 is 6.66. The van der Waals surface area contributed by atoms with E-state index < -0.39 is 11.3 Å². The molecule has 2 aliphatic carbocycles. The maximum absolute atomic E-state index is 14.7. The minimum Gasteiger partial charge on any atom is -0.354 e. The van der Waals surface area contributed by atoms with Crippen molar-refractivity contribution in [3.05, 3.63) is 158 Å². The molecule has 46 heavy (non-hydrogen) atoms. The highest BCUT2D eigenvalue weighted by Gasteiger charge is 2.65. The van der Waals surface area contributed by atoms with Gasteiger partial charge >= 0.3 is 0 Å². The second-order valence-corrected chi connectivity index (χ2v) is 12.0. The van der Waals surface area contributed by atoms with Gasteiger partial charge in [-0.25, -0.2) is 0 Å². The van der Waals surface area contributed by atoms with E-state index in [1.165, 1.54) is 0 Å². The fourth-order valence-electron chi connectivity index (χ4n) is 7.44. The van der Waals surface area contributed by atoms with E-state index in [2.05, 4.69) is 10.5 Å². The molecule has 2 aliphatic heterocycles. The molecule has 0 radical (unpaired) electrons. The van der Waals surface area contributed by atoms with Crippen molar-refractivity contribution in [3.8, 4) is 0 Å². The van der Waals surface area contributed by atoms with Crippen LogP contribution in [0.15, 0.2) is 113 Å². The lowest BCUT2D eigenvalue weighted by atomic mass is 9.65. The Labute approximate surface area is 268 Å². The van der Waals surface area contributed by atoms with Gasteiger partial charge in [0.25, 0.3) is 0 Å². The third-order valence-electron chi connectivity index (χ3n) is 9.28. The molecule has 5 aromatic rings. The van der Waals surface area contributed by atoms with Gasteiger partial charge in [0.15, 0.2) is 17.3 Å². The van der Waals surface area contributed by atoms with Crippen LogP contribution in [-0.4, -0.2) is 22.6 Å². The summed E-state index contributed by atoms with van der Waals surface area (Å²) in [5, 5.41) is 7.63. The molecule has 1 aromatic heterocycles. The first-order valence-corrected chi connectivity index (χ1v) is 15.2. The highest BCUT2D eigenvalue weighted by Crippen LogP contribution is 2.63. The highest BCUT2D eigenvalue weighted by atomic mass is 35.5. The standard InChI is InChI=1S/C38H22ClN3O4/c1-20-32(28(46-41-20)19-18-21-10-3-2-4-11-21)42-33-22-12-5-7-14-24(22)35(43)29(33)38(26-16-9-17-27(39)31(26)40-37(38)45)30-34(42)23-13-6-8-15-25(23)36(30)44/h2-19H,1H3,(H,40,45)/b19-18+. The summed E-state index contributed by atoms with van der Waals surface area (Å²) in [5.41, 5.74) is 4.78. The molecule has 0 atom stereocenters. The van der Waals surface area contributed by atoms with Crippen molar-refractivity contribution >= 4 is 64.0 Å². The summed E-state index contributed by atoms with van der Waals surface area (Å²) in [5.74, 6) is -0.721. The number of fused-ring (bicyclic) bond motifs is 8. The molecule has 8 heteroatoms. The van der Waals surface area contributed by atoms with Crippen LogP contribution in [0.3, 0.4) is 0 Å². The van der Waals surface area contributed by atoms with Crippen LogP contribution in [0.5, 0.6) is 0 Å². The van der Waals surface area contributed by atoms with Gasteiger partial charge in [-0.2, -0.15) is 0 Å². The second kappa shape index (κ2) is 9.36. The number of benzene rings is 4. The van der Waals surface area contributed by atoms with Gasteiger partial charge in [0.05, 0.1) is 22.1 Å². The first-order valence-electron chi connectivity index (χ1n) is 14.8. The van der Waals surface area contributed by atoms with Crippen molar-refractivity contribution in [2.75, 3.05) is 10.2 Å². The van der Waals surface area contributed by atoms with Crippen LogP contribution < -0.4 is 10.2 Å². The van der Waals surface area contributed by atoms with E-state index in [1.54, 1.807) is 42.5 Å². The fraction of sp³-hybridized carbons (Fsp3) is 0.0526. The van der Waals surface area contributed by atoms with Crippen molar-refractivity contribution in [1.29, 1.82) is 0 Å². The number of ketones is 2. The summed E-state index contributed by atoms with van der Waals surface area (Å²) < 4.78 is 5.92. The molecule has 0 saturated carbocycles. The molecule has 0 unspecified atom stereocenters. The number of Topliss-reactive ketones (excluding diaryl/α,β-unsaturated/α-hetero) is 2. The molecule has 220 valence electrons. The van der Waals surface area contributed by atoms with Gasteiger partial charge in [0, 0.05) is 39.0 Å². The van der Waals surface area contributed by atoms with Gasteiger partial charge in [0.1, 0.15) is 16.8 Å². The van der Waals surface area contributed by atoms with E-state index in [1.807, 2.05) is 78.6 Å². The molecular formula is C38H22ClN3O4. The number of halogens is 1. The van der Waals surface area contributed by atoms with Crippen molar-refractivity contribution in [2.45, 2.75) is 12.3 Å². The van der Waals surface area contributed by atoms with E-state index in [0.717, 1.165) is 5.56 Å². The largest absolute Gasteiger partial charge is 0.354 e. The number of rotatable bonds is 3. The molecule has 7 nitrogen and oxygen atoms in total. The number of nitrogens with one attached hydrogen (secondary N) is 1. The minimum absolute atomic E-state index is 0.200. The molecule has 4 aliphatic rings. The predicted octanol–water partition coefficient (Wildman–Crippen LogP) is 7.73. The van der Waals surface area contributed by atoms with E-state index in [9.17, 15) is 14.4 Å². The SMILES string of the molecule is Cc1noc(/C=C/c2ccccc2)c1N1C2=C(C(=O)c3ccccc32)C2(C(=O)Nc3c(Cl)cccc32)C2=C1c1ccccc1C2=O. The fourth-order valence-corrected chi connectivity index (χ4v) is 7.66. The van der Waals surface area contributed by atoms with Gasteiger partial charge in [0.2, 0.25) is 5.91 Å². The number of aromatic nitrogens is 1. The molecule has 1 spiro atoms. The Morgan fingerprint density at radius 3 is 1.96 bits per heavy atom. The van der Waals surface area contributed by atoms with Crippen LogP contribution in [0.25, 0.3) is 23.5 Å². The third-order valence-corrected chi connectivity index (χ3v) is 9.60. The summed E-state index contributed by atoms with van der Waals surface area (Å²) in [6.45, 7) is 1.83. The molecule has 9 rings (SSSR count). The number of carbonyl (C=O) groups excluding carboxylic acids is 3. The molecule has 0 saturated heterocycles. The average Bonchev–Trinajstić information content (AvgIpc) is 3.78. The number of para-hydroxylation sites is 1. The van der Waals surface area contributed by atoms with Gasteiger partial charge < -0.3 is 14.7 Å². The molecule has 0 fully saturated rings. The summed E-state index contributed by atoms with van der Waals surface area (Å²) in [4.78, 5) is 46.0. The Bertz CT molecular complexity index is 2250.